The summed E-state index contributed by atoms with van der Waals surface area (Å²) in [6.45, 7) is 1.68. The Labute approximate surface area is 93.4 Å². The predicted molar refractivity (Wildman–Crippen MR) is 55.7 cm³/mol. The van der Waals surface area contributed by atoms with Crippen LogP contribution in [0.3, 0.4) is 0 Å². The van der Waals surface area contributed by atoms with E-state index in [1.165, 1.54) is 18.2 Å². The molecule has 5 heteroatoms. The van der Waals surface area contributed by atoms with Crippen LogP contribution in [-0.4, -0.2) is 13.2 Å². The third-order valence-electron chi connectivity index (χ3n) is 3.04. The standard InChI is InChI=1S/C11H10FNO2S/c1-8-6-11(8,7-13)16(14,15)10-5-3-2-4-9(10)12/h2-5,8H,6H2,1H3. The number of rotatable bonds is 2. The summed E-state index contributed by atoms with van der Waals surface area (Å²) in [5.74, 6) is -1.03. The lowest BCUT2D eigenvalue weighted by Crippen LogP contribution is -2.24. The van der Waals surface area contributed by atoms with Gasteiger partial charge in [-0.1, -0.05) is 19.1 Å². The van der Waals surface area contributed by atoms with E-state index in [4.69, 9.17) is 5.26 Å². The Morgan fingerprint density at radius 2 is 2.06 bits per heavy atom. The van der Waals surface area contributed by atoms with Crippen molar-refractivity contribution in [3.05, 3.63) is 30.1 Å². The first-order valence-corrected chi connectivity index (χ1v) is 6.34. The topological polar surface area (TPSA) is 57.9 Å². The third-order valence-corrected chi connectivity index (χ3v) is 5.57. The van der Waals surface area contributed by atoms with Gasteiger partial charge in [0.1, 0.15) is 10.7 Å². The minimum absolute atomic E-state index is 0.234. The molecule has 0 aromatic heterocycles. The molecule has 0 amide bonds. The molecule has 1 aliphatic carbocycles. The Bertz CT molecular complexity index is 576. The Hall–Kier alpha value is -1.41. The van der Waals surface area contributed by atoms with Crippen molar-refractivity contribution in [3.63, 3.8) is 0 Å². The van der Waals surface area contributed by atoms with Crippen molar-refractivity contribution in [2.24, 2.45) is 5.92 Å². The van der Waals surface area contributed by atoms with Gasteiger partial charge < -0.3 is 0 Å². The highest BCUT2D eigenvalue weighted by atomic mass is 32.2. The van der Waals surface area contributed by atoms with Gasteiger partial charge in [-0.25, -0.2) is 12.8 Å². The molecule has 1 saturated carbocycles. The fourth-order valence-corrected chi connectivity index (χ4v) is 3.94. The summed E-state index contributed by atoms with van der Waals surface area (Å²) in [7, 11) is -3.89. The van der Waals surface area contributed by atoms with E-state index in [1.54, 1.807) is 6.92 Å². The van der Waals surface area contributed by atoms with Gasteiger partial charge in [-0.15, -0.1) is 0 Å². The number of hydrogen-bond acceptors (Lipinski definition) is 3. The molecule has 0 bridgehead atoms. The predicted octanol–water partition coefficient (Wildman–Crippen LogP) is 1.90. The Balaban J connectivity index is 2.59. The Morgan fingerprint density at radius 3 is 2.50 bits per heavy atom. The van der Waals surface area contributed by atoms with Crippen LogP contribution in [-0.2, 0) is 9.84 Å². The van der Waals surface area contributed by atoms with Gasteiger partial charge in [-0.3, -0.25) is 0 Å². The second-order valence-electron chi connectivity index (χ2n) is 4.04. The average Bonchev–Trinajstić information content (AvgIpc) is 2.92. The Kier molecular flexibility index (Phi) is 2.28. The highest BCUT2D eigenvalue weighted by Crippen LogP contribution is 2.52. The average molecular weight is 239 g/mol. The molecule has 2 rings (SSSR count). The second kappa shape index (κ2) is 3.29. The molecule has 0 heterocycles. The number of hydrogen-bond donors (Lipinski definition) is 0. The van der Waals surface area contributed by atoms with Crippen LogP contribution in [0.25, 0.3) is 0 Å². The number of nitriles is 1. The van der Waals surface area contributed by atoms with Crippen LogP contribution in [0.5, 0.6) is 0 Å². The summed E-state index contributed by atoms with van der Waals surface area (Å²) in [5, 5.41) is 8.96. The lowest BCUT2D eigenvalue weighted by molar-refractivity contribution is 0.559. The highest BCUT2D eigenvalue weighted by Gasteiger charge is 2.63. The molecule has 1 aromatic rings. The molecule has 1 fully saturated rings. The van der Waals surface area contributed by atoms with Gasteiger partial charge in [-0.05, 0) is 24.5 Å². The van der Waals surface area contributed by atoms with Crippen molar-refractivity contribution in [2.75, 3.05) is 0 Å². The van der Waals surface area contributed by atoms with Gasteiger partial charge in [0.2, 0.25) is 9.84 Å². The second-order valence-corrected chi connectivity index (χ2v) is 6.22. The summed E-state index contributed by atoms with van der Waals surface area (Å²) in [5.41, 5.74) is 0. The highest BCUT2D eigenvalue weighted by molar-refractivity contribution is 7.93. The molecule has 0 aliphatic heterocycles. The number of benzene rings is 1. The van der Waals surface area contributed by atoms with E-state index in [2.05, 4.69) is 0 Å². The molecule has 1 aliphatic rings. The van der Waals surface area contributed by atoms with Crippen LogP contribution < -0.4 is 0 Å². The van der Waals surface area contributed by atoms with E-state index in [0.717, 1.165) is 6.07 Å². The van der Waals surface area contributed by atoms with Crippen LogP contribution in [0.1, 0.15) is 13.3 Å². The fraction of sp³-hybridized carbons (Fsp3) is 0.364. The lowest BCUT2D eigenvalue weighted by atomic mass is 10.3. The van der Waals surface area contributed by atoms with Crippen molar-refractivity contribution in [3.8, 4) is 6.07 Å². The zero-order chi connectivity index (χ0) is 12.0. The first kappa shape index (κ1) is 11.1. The van der Waals surface area contributed by atoms with Crippen molar-refractivity contribution in [2.45, 2.75) is 23.0 Å². The van der Waals surface area contributed by atoms with Crippen LogP contribution >= 0.6 is 0 Å². The lowest BCUT2D eigenvalue weighted by Gasteiger charge is -2.10. The normalized spacial score (nSPS) is 28.4. The zero-order valence-electron chi connectivity index (χ0n) is 8.64. The van der Waals surface area contributed by atoms with Crippen molar-refractivity contribution in [1.29, 1.82) is 5.26 Å². The molecule has 0 spiro atoms. The van der Waals surface area contributed by atoms with Crippen molar-refractivity contribution >= 4 is 9.84 Å². The Morgan fingerprint density at radius 1 is 1.50 bits per heavy atom. The smallest absolute Gasteiger partial charge is 0.200 e. The minimum atomic E-state index is -3.89. The summed E-state index contributed by atoms with van der Waals surface area (Å²) >= 11 is 0. The zero-order valence-corrected chi connectivity index (χ0v) is 9.46. The van der Waals surface area contributed by atoms with E-state index in [9.17, 15) is 12.8 Å². The molecule has 2 unspecified atom stereocenters. The van der Waals surface area contributed by atoms with E-state index in [-0.39, 0.29) is 17.2 Å². The molecule has 3 nitrogen and oxygen atoms in total. The van der Waals surface area contributed by atoms with Gasteiger partial charge in [-0.2, -0.15) is 5.26 Å². The van der Waals surface area contributed by atoms with Crippen LogP contribution in [0.15, 0.2) is 29.2 Å². The maximum absolute atomic E-state index is 13.4. The molecule has 84 valence electrons. The third kappa shape index (κ3) is 1.26. The molecule has 1 aromatic carbocycles. The van der Waals surface area contributed by atoms with E-state index >= 15 is 0 Å². The van der Waals surface area contributed by atoms with Crippen LogP contribution in [0, 0.1) is 23.1 Å². The van der Waals surface area contributed by atoms with Crippen molar-refractivity contribution in [1.82, 2.24) is 0 Å². The summed E-state index contributed by atoms with van der Waals surface area (Å²) in [6, 6.07) is 6.98. The van der Waals surface area contributed by atoms with Gasteiger partial charge in [0, 0.05) is 0 Å². The van der Waals surface area contributed by atoms with E-state index in [1.807, 2.05) is 6.07 Å². The quantitative estimate of drug-likeness (QED) is 0.792. The largest absolute Gasteiger partial charge is 0.222 e. The molecule has 0 N–H and O–H groups in total. The van der Waals surface area contributed by atoms with Crippen LogP contribution in [0.4, 0.5) is 4.39 Å². The number of halogens is 1. The van der Waals surface area contributed by atoms with Crippen molar-refractivity contribution < 1.29 is 12.8 Å². The first-order valence-electron chi connectivity index (χ1n) is 4.86. The maximum Gasteiger partial charge on any atom is 0.200 e. The molecule has 0 saturated heterocycles. The van der Waals surface area contributed by atoms with Gasteiger partial charge >= 0.3 is 0 Å². The fourth-order valence-electron chi connectivity index (χ4n) is 1.85. The summed E-state index contributed by atoms with van der Waals surface area (Å²) in [4.78, 5) is -0.374. The molecule has 0 radical (unpaired) electrons. The maximum atomic E-state index is 13.4. The van der Waals surface area contributed by atoms with E-state index < -0.39 is 20.4 Å². The number of sulfone groups is 1. The molecule has 2 atom stereocenters. The monoisotopic (exact) mass is 239 g/mol. The summed E-state index contributed by atoms with van der Waals surface area (Å²) < 4.78 is 36.2. The van der Waals surface area contributed by atoms with Gasteiger partial charge in [0.05, 0.1) is 6.07 Å². The molecule has 16 heavy (non-hydrogen) atoms. The van der Waals surface area contributed by atoms with Gasteiger partial charge in [0.25, 0.3) is 0 Å². The van der Waals surface area contributed by atoms with Crippen LogP contribution in [0.2, 0.25) is 0 Å². The van der Waals surface area contributed by atoms with E-state index in [0.29, 0.717) is 0 Å². The molecular weight excluding hydrogens is 229 g/mol. The SMILES string of the molecule is CC1CC1(C#N)S(=O)(=O)c1ccccc1F. The minimum Gasteiger partial charge on any atom is -0.222 e. The first-order chi connectivity index (χ1) is 7.45. The number of nitrogens with zero attached hydrogens (tertiary/aromatic N) is 1. The molecular formula is C11H10FNO2S. The summed E-state index contributed by atoms with van der Waals surface area (Å²) in [6.07, 6.45) is 0.278. The van der Waals surface area contributed by atoms with Gasteiger partial charge in [0.15, 0.2) is 4.75 Å².